The molecule has 1 N–H and O–H groups in total. The highest BCUT2D eigenvalue weighted by molar-refractivity contribution is 6.05. The quantitative estimate of drug-likeness (QED) is 0.169. The van der Waals surface area contributed by atoms with Gasteiger partial charge in [-0.1, -0.05) is 25.3 Å². The molecule has 0 spiro atoms. The smallest absolute Gasteiger partial charge is 0.303 e. The van der Waals surface area contributed by atoms with Crippen LogP contribution in [0, 0.1) is 32.1 Å². The number of non-ortho nitro benzene ring substituents is 2. The molecule has 1 aromatic rings. The van der Waals surface area contributed by atoms with Crippen LogP contribution in [-0.4, -0.2) is 32.5 Å². The summed E-state index contributed by atoms with van der Waals surface area (Å²) in [5.74, 6) is -1.65. The minimum Gasteiger partial charge on any atom is -0.481 e. The summed E-state index contributed by atoms with van der Waals surface area (Å²) in [4.78, 5) is 55.6. The summed E-state index contributed by atoms with van der Waals surface area (Å²) >= 11 is 0. The molecule has 0 unspecified atom stereocenters. The molecule has 1 aliphatic rings. The molecule has 10 heteroatoms. The molecular formula is C21H24N2O8. The van der Waals surface area contributed by atoms with Crippen molar-refractivity contribution in [2.45, 2.75) is 51.4 Å². The van der Waals surface area contributed by atoms with E-state index in [0.717, 1.165) is 37.5 Å². The first-order valence-corrected chi connectivity index (χ1v) is 10.1. The van der Waals surface area contributed by atoms with E-state index in [-0.39, 0.29) is 29.6 Å². The number of unbranched alkanes of at least 4 members (excludes halogenated alkanes) is 3. The normalized spacial score (nSPS) is 18.4. The number of benzene rings is 1. The lowest BCUT2D eigenvalue weighted by Crippen LogP contribution is -2.13. The predicted molar refractivity (Wildman–Crippen MR) is 110 cm³/mol. The van der Waals surface area contributed by atoms with E-state index in [1.165, 1.54) is 6.08 Å². The average Bonchev–Trinajstić information content (AvgIpc) is 3.07. The van der Waals surface area contributed by atoms with E-state index >= 15 is 0 Å². The van der Waals surface area contributed by atoms with Gasteiger partial charge in [0.1, 0.15) is 5.78 Å². The van der Waals surface area contributed by atoms with Crippen molar-refractivity contribution in [2.75, 3.05) is 0 Å². The van der Waals surface area contributed by atoms with Crippen molar-refractivity contribution >= 4 is 28.9 Å². The number of allylic oxidation sites excluding steroid dienone is 2. The Morgan fingerprint density at radius 1 is 1.03 bits per heavy atom. The molecule has 0 heterocycles. The van der Waals surface area contributed by atoms with Crippen molar-refractivity contribution in [3.63, 3.8) is 0 Å². The van der Waals surface area contributed by atoms with Crippen molar-refractivity contribution < 1.29 is 29.3 Å². The molecule has 166 valence electrons. The van der Waals surface area contributed by atoms with Crippen LogP contribution in [0.25, 0.3) is 0 Å². The van der Waals surface area contributed by atoms with Crippen LogP contribution in [0.2, 0.25) is 0 Å². The Morgan fingerprint density at radius 2 is 1.65 bits per heavy atom. The number of carbonyl (C=O) groups excluding carboxylic acids is 2. The van der Waals surface area contributed by atoms with Gasteiger partial charge in [-0.25, -0.2) is 0 Å². The van der Waals surface area contributed by atoms with Gasteiger partial charge in [0.25, 0.3) is 11.4 Å². The molecule has 1 aromatic carbocycles. The summed E-state index contributed by atoms with van der Waals surface area (Å²) in [5, 5.41) is 30.6. The molecule has 0 radical (unpaired) electrons. The number of hydrogen-bond donors (Lipinski definition) is 1. The van der Waals surface area contributed by atoms with E-state index in [2.05, 4.69) is 0 Å². The summed E-state index contributed by atoms with van der Waals surface area (Å²) in [5.41, 5.74) is -1.23. The summed E-state index contributed by atoms with van der Waals surface area (Å²) in [6.45, 7) is 0. The molecule has 0 saturated heterocycles. The van der Waals surface area contributed by atoms with Crippen LogP contribution in [0.5, 0.6) is 0 Å². The van der Waals surface area contributed by atoms with E-state index in [9.17, 15) is 34.6 Å². The Labute approximate surface area is 178 Å². The largest absolute Gasteiger partial charge is 0.481 e. The molecule has 0 aliphatic heterocycles. The third-order valence-corrected chi connectivity index (χ3v) is 5.41. The number of nitrogens with zero attached hydrogens (tertiary/aromatic N) is 2. The standard InChI is InChI=1S/C21H24N2O8/c24-19(15-11-16(22(28)29)13-17(12-15)23(30)31)9-7-14-8-10-20(25)18(14)5-3-1-2-4-6-21(26)27/h7,9,11-14,18H,1-6,8,10H2,(H,26,27)/t14-,18+/m1/s1. The predicted octanol–water partition coefficient (Wildman–Crippen LogP) is 4.26. The topological polar surface area (TPSA) is 158 Å². The van der Waals surface area contributed by atoms with Crippen LogP contribution in [0.15, 0.2) is 30.4 Å². The average molecular weight is 432 g/mol. The molecular weight excluding hydrogens is 408 g/mol. The molecule has 2 rings (SSSR count). The van der Waals surface area contributed by atoms with E-state index < -0.39 is 33.0 Å². The van der Waals surface area contributed by atoms with Gasteiger partial charge in [-0.05, 0) is 31.3 Å². The first-order valence-electron chi connectivity index (χ1n) is 10.1. The number of hydrogen-bond acceptors (Lipinski definition) is 7. The lowest BCUT2D eigenvalue weighted by molar-refractivity contribution is -0.394. The summed E-state index contributed by atoms with van der Waals surface area (Å²) in [6, 6.07) is 2.78. The number of nitro benzene ring substituents is 2. The zero-order valence-electron chi connectivity index (χ0n) is 16.9. The van der Waals surface area contributed by atoms with E-state index in [4.69, 9.17) is 5.11 Å². The van der Waals surface area contributed by atoms with Crippen molar-refractivity contribution in [3.8, 4) is 0 Å². The first kappa shape index (κ1) is 23.8. The Balaban J connectivity index is 2.00. The number of ketones is 2. The molecule has 1 saturated carbocycles. The van der Waals surface area contributed by atoms with E-state index in [1.54, 1.807) is 6.08 Å². The molecule has 0 aromatic heterocycles. The van der Waals surface area contributed by atoms with Gasteiger partial charge < -0.3 is 5.11 Å². The molecule has 2 atom stereocenters. The maximum absolute atomic E-state index is 12.5. The van der Waals surface area contributed by atoms with Gasteiger partial charge in [-0.3, -0.25) is 34.6 Å². The second kappa shape index (κ2) is 11.1. The first-order chi connectivity index (χ1) is 14.7. The molecule has 0 bridgehead atoms. The SMILES string of the molecule is O=C(O)CCCCCC[C@@H]1C(=O)CC[C@H]1C=CC(=O)c1cc([N+](=O)[O-])cc([N+](=O)[O-])c1. The lowest BCUT2D eigenvalue weighted by Gasteiger charge is -2.14. The summed E-state index contributed by atoms with van der Waals surface area (Å²) in [6.07, 6.45) is 7.62. The van der Waals surface area contributed by atoms with Crippen molar-refractivity contribution in [1.82, 2.24) is 0 Å². The molecule has 31 heavy (non-hydrogen) atoms. The minimum atomic E-state index is -0.824. The second-order valence-electron chi connectivity index (χ2n) is 7.60. The van der Waals surface area contributed by atoms with Crippen LogP contribution < -0.4 is 0 Å². The van der Waals surface area contributed by atoms with Crippen LogP contribution in [0.4, 0.5) is 11.4 Å². The van der Waals surface area contributed by atoms with Crippen molar-refractivity contribution in [2.24, 2.45) is 11.8 Å². The lowest BCUT2D eigenvalue weighted by atomic mass is 9.89. The Bertz CT molecular complexity index is 876. The zero-order chi connectivity index (χ0) is 23.0. The summed E-state index contributed by atoms with van der Waals surface area (Å²) in [7, 11) is 0. The van der Waals surface area contributed by atoms with Crippen LogP contribution >= 0.6 is 0 Å². The Morgan fingerprint density at radius 3 is 2.23 bits per heavy atom. The fourth-order valence-corrected chi connectivity index (χ4v) is 3.79. The number of rotatable bonds is 12. The Kier molecular flexibility index (Phi) is 8.53. The fraction of sp³-hybridized carbons (Fsp3) is 0.476. The maximum atomic E-state index is 12.5. The Hall–Kier alpha value is -3.43. The van der Waals surface area contributed by atoms with Crippen molar-refractivity contribution in [3.05, 3.63) is 56.1 Å². The third-order valence-electron chi connectivity index (χ3n) is 5.41. The van der Waals surface area contributed by atoms with Gasteiger partial charge in [0, 0.05) is 36.5 Å². The van der Waals surface area contributed by atoms with Gasteiger partial charge in [0.05, 0.1) is 15.9 Å². The fourth-order valence-electron chi connectivity index (χ4n) is 3.79. The third kappa shape index (κ3) is 7.09. The van der Waals surface area contributed by atoms with Gasteiger partial charge in [-0.15, -0.1) is 0 Å². The van der Waals surface area contributed by atoms with E-state index in [0.29, 0.717) is 25.7 Å². The van der Waals surface area contributed by atoms with Crippen LogP contribution in [0.1, 0.15) is 61.7 Å². The second-order valence-corrected chi connectivity index (χ2v) is 7.60. The maximum Gasteiger partial charge on any atom is 0.303 e. The van der Waals surface area contributed by atoms with Crippen molar-refractivity contribution in [1.29, 1.82) is 0 Å². The number of carbonyl (C=O) groups is 3. The molecule has 0 amide bonds. The van der Waals surface area contributed by atoms with E-state index in [1.807, 2.05) is 0 Å². The number of Topliss-reactive ketones (excluding diaryl/α,β-unsaturated/α-hetero) is 1. The van der Waals surface area contributed by atoms with Gasteiger partial charge in [-0.2, -0.15) is 0 Å². The monoisotopic (exact) mass is 432 g/mol. The highest BCUT2D eigenvalue weighted by Crippen LogP contribution is 2.34. The number of nitro groups is 2. The molecule has 1 fully saturated rings. The van der Waals surface area contributed by atoms with Crippen LogP contribution in [-0.2, 0) is 9.59 Å². The molecule has 10 nitrogen and oxygen atoms in total. The van der Waals surface area contributed by atoms with Crippen LogP contribution in [0.3, 0.4) is 0 Å². The minimum absolute atomic E-state index is 0.124. The highest BCUT2D eigenvalue weighted by Gasteiger charge is 2.32. The zero-order valence-corrected chi connectivity index (χ0v) is 16.9. The van der Waals surface area contributed by atoms with Gasteiger partial charge in [0.15, 0.2) is 5.78 Å². The van der Waals surface area contributed by atoms with Gasteiger partial charge in [0.2, 0.25) is 0 Å². The molecule has 1 aliphatic carbocycles. The number of carboxylic acids is 1. The number of carboxylic acid groups (broad SMARTS) is 1. The summed E-state index contributed by atoms with van der Waals surface area (Å²) < 4.78 is 0. The number of aliphatic carboxylic acids is 1. The van der Waals surface area contributed by atoms with Gasteiger partial charge >= 0.3 is 5.97 Å². The highest BCUT2D eigenvalue weighted by atomic mass is 16.6.